The molecule has 1 heterocycles. The Labute approximate surface area is 120 Å². The summed E-state index contributed by atoms with van der Waals surface area (Å²) in [6, 6.07) is 0. The van der Waals surface area contributed by atoms with Crippen LogP contribution in [0.15, 0.2) is 9.17 Å². The summed E-state index contributed by atoms with van der Waals surface area (Å²) in [7, 11) is -4.84. The molecular weight excluding hydrogens is 303 g/mol. The molecule has 1 saturated heterocycles. The Morgan fingerprint density at radius 2 is 1.61 bits per heavy atom. The van der Waals surface area contributed by atoms with Gasteiger partial charge in [-0.05, 0) is 13.8 Å². The van der Waals surface area contributed by atoms with Crippen LogP contribution in [0.2, 0.25) is 19.6 Å². The van der Waals surface area contributed by atoms with Gasteiger partial charge in [0.05, 0.1) is 21.3 Å². The lowest BCUT2D eigenvalue weighted by Gasteiger charge is -2.29. The van der Waals surface area contributed by atoms with Gasteiger partial charge in [0.1, 0.15) is 0 Å². The number of rotatable bonds is 6. The molecule has 1 fully saturated rings. The van der Waals surface area contributed by atoms with E-state index in [2.05, 4.69) is 19.6 Å². The standard InChI is InChI=1S/C11H23O3PS2Si/c1-6-13-15(12,14-7-2)10(18(3,4)5)11-16-8-9-17-11/h6-9H2,1-5H3. The van der Waals surface area contributed by atoms with Crippen molar-refractivity contribution in [3.63, 3.8) is 0 Å². The molecule has 3 nitrogen and oxygen atoms in total. The zero-order chi connectivity index (χ0) is 13.8. The van der Waals surface area contributed by atoms with Crippen molar-refractivity contribution >= 4 is 39.2 Å². The van der Waals surface area contributed by atoms with Crippen LogP contribution < -0.4 is 0 Å². The molecule has 1 aliphatic heterocycles. The van der Waals surface area contributed by atoms with Gasteiger partial charge in [0.25, 0.3) is 0 Å². The summed E-state index contributed by atoms with van der Waals surface area (Å²) in [4.78, 5) is 0.992. The maximum Gasteiger partial charge on any atom is 0.354 e. The van der Waals surface area contributed by atoms with Gasteiger partial charge in [-0.3, -0.25) is 4.57 Å². The van der Waals surface area contributed by atoms with E-state index in [-0.39, 0.29) is 0 Å². The van der Waals surface area contributed by atoms with Gasteiger partial charge in [-0.15, -0.1) is 23.5 Å². The molecule has 0 N–H and O–H groups in total. The smallest absolute Gasteiger partial charge is 0.306 e. The fourth-order valence-electron chi connectivity index (χ4n) is 1.78. The Kier molecular flexibility index (Phi) is 6.56. The average Bonchev–Trinajstić information content (AvgIpc) is 2.69. The molecule has 0 radical (unpaired) electrons. The van der Waals surface area contributed by atoms with E-state index < -0.39 is 15.7 Å². The van der Waals surface area contributed by atoms with E-state index in [9.17, 15) is 4.57 Å². The van der Waals surface area contributed by atoms with Crippen molar-refractivity contribution < 1.29 is 13.6 Å². The second-order valence-corrected chi connectivity index (χ2v) is 14.8. The van der Waals surface area contributed by atoms with Crippen LogP contribution in [0, 0.1) is 0 Å². The molecule has 0 saturated carbocycles. The molecule has 106 valence electrons. The average molecular weight is 326 g/mol. The van der Waals surface area contributed by atoms with Crippen molar-refractivity contribution in [1.82, 2.24) is 0 Å². The molecule has 7 heteroatoms. The topological polar surface area (TPSA) is 35.5 Å². The van der Waals surface area contributed by atoms with Crippen molar-refractivity contribution in [1.29, 1.82) is 0 Å². The fraction of sp³-hybridized carbons (Fsp3) is 0.818. The largest absolute Gasteiger partial charge is 0.354 e. The first-order valence-corrected chi connectivity index (χ1v) is 13.3. The Hall–Kier alpha value is 0.807. The van der Waals surface area contributed by atoms with E-state index >= 15 is 0 Å². The van der Waals surface area contributed by atoms with Crippen LogP contribution in [0.1, 0.15) is 13.8 Å². The van der Waals surface area contributed by atoms with Crippen molar-refractivity contribution in [2.24, 2.45) is 0 Å². The SMILES string of the molecule is CCOP(=O)(OCC)C(=C1SCCS1)[Si](C)(C)C. The highest BCUT2D eigenvalue weighted by atomic mass is 32.2. The minimum Gasteiger partial charge on any atom is -0.306 e. The summed E-state index contributed by atoms with van der Waals surface area (Å²) in [6.45, 7) is 11.2. The first-order valence-electron chi connectivity index (χ1n) is 6.25. The van der Waals surface area contributed by atoms with E-state index in [1.54, 1.807) is 23.5 Å². The second kappa shape index (κ2) is 7.00. The molecule has 0 amide bonds. The molecule has 1 rings (SSSR count). The van der Waals surface area contributed by atoms with Gasteiger partial charge in [0, 0.05) is 20.7 Å². The van der Waals surface area contributed by atoms with Crippen molar-refractivity contribution in [2.45, 2.75) is 33.5 Å². The maximum atomic E-state index is 13.1. The van der Waals surface area contributed by atoms with E-state index in [1.165, 1.54) is 4.24 Å². The molecule has 0 atom stereocenters. The molecule has 0 aliphatic carbocycles. The van der Waals surface area contributed by atoms with Crippen LogP contribution in [0.3, 0.4) is 0 Å². The van der Waals surface area contributed by atoms with Gasteiger partial charge >= 0.3 is 7.60 Å². The third-order valence-electron chi connectivity index (χ3n) is 2.33. The van der Waals surface area contributed by atoms with E-state index in [0.717, 1.165) is 16.4 Å². The summed E-state index contributed by atoms with van der Waals surface area (Å²) in [5, 5.41) is 0. The molecular formula is C11H23O3PS2Si. The zero-order valence-corrected chi connectivity index (χ0v) is 15.3. The minimum atomic E-state index is -3.10. The summed E-state index contributed by atoms with van der Waals surface area (Å²) in [6.07, 6.45) is 0. The Morgan fingerprint density at radius 3 is 1.94 bits per heavy atom. The normalized spacial score (nSPS) is 17.3. The fourth-order valence-corrected chi connectivity index (χ4v) is 12.8. The van der Waals surface area contributed by atoms with Crippen LogP contribution in [0.4, 0.5) is 0 Å². The summed E-state index contributed by atoms with van der Waals surface area (Å²) < 4.78 is 25.4. The number of thioether (sulfide) groups is 2. The van der Waals surface area contributed by atoms with Gasteiger partial charge in [-0.1, -0.05) is 19.6 Å². The molecule has 0 bridgehead atoms. The number of hydrogen-bond acceptors (Lipinski definition) is 5. The predicted molar refractivity (Wildman–Crippen MR) is 86.1 cm³/mol. The van der Waals surface area contributed by atoms with E-state index in [1.807, 2.05) is 13.8 Å². The van der Waals surface area contributed by atoms with Crippen LogP contribution in [-0.2, 0) is 13.6 Å². The highest BCUT2D eigenvalue weighted by Crippen LogP contribution is 2.63. The summed E-state index contributed by atoms with van der Waals surface area (Å²) >= 11 is 3.60. The Morgan fingerprint density at radius 1 is 1.17 bits per heavy atom. The van der Waals surface area contributed by atoms with Gasteiger partial charge < -0.3 is 9.05 Å². The quantitative estimate of drug-likeness (QED) is 0.518. The second-order valence-electron chi connectivity index (χ2n) is 4.92. The third-order valence-corrected chi connectivity index (χ3v) is 12.2. The van der Waals surface area contributed by atoms with Crippen LogP contribution >= 0.6 is 31.1 Å². The van der Waals surface area contributed by atoms with Gasteiger partial charge in [0.15, 0.2) is 0 Å². The van der Waals surface area contributed by atoms with Crippen LogP contribution in [0.25, 0.3) is 0 Å². The van der Waals surface area contributed by atoms with Crippen molar-refractivity contribution in [3.05, 3.63) is 9.17 Å². The predicted octanol–water partition coefficient (Wildman–Crippen LogP) is 4.78. The molecule has 0 spiro atoms. The molecule has 18 heavy (non-hydrogen) atoms. The maximum absolute atomic E-state index is 13.1. The van der Waals surface area contributed by atoms with Crippen LogP contribution in [0.5, 0.6) is 0 Å². The van der Waals surface area contributed by atoms with Gasteiger partial charge in [-0.25, -0.2) is 0 Å². The number of hydrogen-bond donors (Lipinski definition) is 0. The lowest BCUT2D eigenvalue weighted by Crippen LogP contribution is -2.26. The third kappa shape index (κ3) is 4.15. The highest BCUT2D eigenvalue weighted by molar-refractivity contribution is 8.25. The monoisotopic (exact) mass is 326 g/mol. The van der Waals surface area contributed by atoms with E-state index in [4.69, 9.17) is 9.05 Å². The van der Waals surface area contributed by atoms with Crippen molar-refractivity contribution in [3.8, 4) is 0 Å². The first kappa shape index (κ1) is 16.9. The van der Waals surface area contributed by atoms with Crippen LogP contribution in [-0.4, -0.2) is 32.8 Å². The van der Waals surface area contributed by atoms with Gasteiger partial charge in [-0.2, -0.15) is 0 Å². The highest BCUT2D eigenvalue weighted by Gasteiger charge is 2.41. The van der Waals surface area contributed by atoms with Crippen molar-refractivity contribution in [2.75, 3.05) is 24.7 Å². The first-order chi connectivity index (χ1) is 8.35. The van der Waals surface area contributed by atoms with Gasteiger partial charge in [0.2, 0.25) is 0 Å². The molecule has 0 unspecified atom stereocenters. The Bertz CT molecular complexity index is 348. The molecule has 0 aromatic carbocycles. The zero-order valence-electron chi connectivity index (χ0n) is 11.8. The molecule has 0 aromatic rings. The minimum absolute atomic E-state index is 0.424. The van der Waals surface area contributed by atoms with E-state index in [0.29, 0.717) is 13.2 Å². The summed E-state index contributed by atoms with van der Waals surface area (Å²) in [5.41, 5.74) is 0. The lowest BCUT2D eigenvalue weighted by atomic mass is 10.9. The molecule has 0 aromatic heterocycles. The molecule has 1 aliphatic rings. The lowest BCUT2D eigenvalue weighted by molar-refractivity contribution is 0.227. The Balaban J connectivity index is 3.24. The summed E-state index contributed by atoms with van der Waals surface area (Å²) in [5.74, 6) is 2.18.